The van der Waals surface area contributed by atoms with E-state index in [0.717, 1.165) is 11.3 Å². The Morgan fingerprint density at radius 2 is 1.65 bits per heavy atom. The van der Waals surface area contributed by atoms with E-state index >= 15 is 0 Å². The smallest absolute Gasteiger partial charge is 0.127 e. The van der Waals surface area contributed by atoms with Crippen LogP contribution in [0.3, 0.4) is 0 Å². The summed E-state index contributed by atoms with van der Waals surface area (Å²) in [6.45, 7) is 8.03. The number of ether oxygens (including phenoxy) is 1. The maximum atomic E-state index is 5.89. The molecule has 1 nitrogen and oxygen atoms in total. The second kappa shape index (κ2) is 5.01. The molecule has 0 bridgehead atoms. The number of rotatable bonds is 3. The van der Waals surface area contributed by atoms with Crippen LogP contribution in [0.4, 0.5) is 0 Å². The quantitative estimate of drug-likeness (QED) is 0.572. The number of benzene rings is 3. The van der Waals surface area contributed by atoms with Crippen molar-refractivity contribution < 1.29 is 4.74 Å². The fraction of sp³-hybridized carbons (Fsp3) is 0.158. The van der Waals surface area contributed by atoms with Gasteiger partial charge in [0.15, 0.2) is 0 Å². The van der Waals surface area contributed by atoms with Gasteiger partial charge in [-0.1, -0.05) is 55.1 Å². The summed E-state index contributed by atoms with van der Waals surface area (Å²) in [5.74, 6) is 0.901. The third kappa shape index (κ3) is 2.05. The molecule has 100 valence electrons. The molecule has 0 aliphatic heterocycles. The Balaban J connectivity index is 2.34. The molecule has 0 amide bonds. The minimum absolute atomic E-state index is 0.159. The SMILES string of the molecule is C=Cc1c(OC(C)C)ccc2c1ccc1ccccc12. The van der Waals surface area contributed by atoms with Gasteiger partial charge >= 0.3 is 0 Å². The van der Waals surface area contributed by atoms with E-state index in [2.05, 4.69) is 49.0 Å². The van der Waals surface area contributed by atoms with Crippen LogP contribution in [-0.2, 0) is 0 Å². The van der Waals surface area contributed by atoms with Gasteiger partial charge in [-0.3, -0.25) is 0 Å². The third-order valence-corrected chi connectivity index (χ3v) is 3.49. The molecule has 0 unspecified atom stereocenters. The van der Waals surface area contributed by atoms with Crippen LogP contribution in [0.2, 0.25) is 0 Å². The molecule has 0 radical (unpaired) electrons. The van der Waals surface area contributed by atoms with Gasteiger partial charge in [0.1, 0.15) is 5.75 Å². The lowest BCUT2D eigenvalue weighted by Crippen LogP contribution is -2.06. The first-order chi connectivity index (χ1) is 9.70. The van der Waals surface area contributed by atoms with Crippen LogP contribution in [-0.4, -0.2) is 6.10 Å². The van der Waals surface area contributed by atoms with Crippen molar-refractivity contribution in [2.75, 3.05) is 0 Å². The van der Waals surface area contributed by atoms with Gasteiger partial charge in [0, 0.05) is 5.56 Å². The fourth-order valence-electron chi connectivity index (χ4n) is 2.66. The van der Waals surface area contributed by atoms with Crippen LogP contribution in [0.15, 0.2) is 55.1 Å². The summed E-state index contributed by atoms with van der Waals surface area (Å²) in [4.78, 5) is 0. The van der Waals surface area contributed by atoms with Crippen molar-refractivity contribution in [1.29, 1.82) is 0 Å². The Bertz CT molecular complexity index is 784. The highest BCUT2D eigenvalue weighted by atomic mass is 16.5. The highest BCUT2D eigenvalue weighted by Crippen LogP contribution is 2.33. The number of hydrogen-bond donors (Lipinski definition) is 0. The monoisotopic (exact) mass is 262 g/mol. The van der Waals surface area contributed by atoms with Crippen molar-refractivity contribution >= 4 is 27.6 Å². The second-order valence-electron chi connectivity index (χ2n) is 5.23. The van der Waals surface area contributed by atoms with Gasteiger partial charge in [-0.25, -0.2) is 0 Å². The Morgan fingerprint density at radius 1 is 0.900 bits per heavy atom. The predicted molar refractivity (Wildman–Crippen MR) is 87.3 cm³/mol. The summed E-state index contributed by atoms with van der Waals surface area (Å²) in [5, 5.41) is 4.96. The first-order valence-electron chi connectivity index (χ1n) is 6.94. The number of fused-ring (bicyclic) bond motifs is 3. The molecule has 0 saturated heterocycles. The fourth-order valence-corrected chi connectivity index (χ4v) is 2.66. The second-order valence-corrected chi connectivity index (χ2v) is 5.23. The molecule has 0 aromatic heterocycles. The molecule has 1 heteroatoms. The standard InChI is InChI=1S/C19H18O/c1-4-15-17-10-9-14-7-5-6-8-16(14)18(17)11-12-19(15)20-13(2)3/h4-13H,1H2,2-3H3. The van der Waals surface area contributed by atoms with Crippen LogP contribution in [0, 0.1) is 0 Å². The zero-order valence-corrected chi connectivity index (χ0v) is 11.9. The van der Waals surface area contributed by atoms with Crippen molar-refractivity contribution in [2.24, 2.45) is 0 Å². The van der Waals surface area contributed by atoms with E-state index in [9.17, 15) is 0 Å². The lowest BCUT2D eigenvalue weighted by molar-refractivity contribution is 0.242. The average Bonchev–Trinajstić information content (AvgIpc) is 2.46. The first kappa shape index (κ1) is 12.7. The molecular weight excluding hydrogens is 244 g/mol. The summed E-state index contributed by atoms with van der Waals surface area (Å²) in [5.41, 5.74) is 1.07. The first-order valence-corrected chi connectivity index (χ1v) is 6.94. The highest BCUT2D eigenvalue weighted by molar-refractivity contribution is 6.10. The minimum atomic E-state index is 0.159. The van der Waals surface area contributed by atoms with E-state index < -0.39 is 0 Å². The Labute approximate surface area is 119 Å². The Kier molecular flexibility index (Phi) is 3.19. The molecule has 0 aliphatic carbocycles. The Morgan fingerprint density at radius 3 is 2.40 bits per heavy atom. The normalized spacial score (nSPS) is 11.2. The molecule has 0 fully saturated rings. The molecule has 3 aromatic carbocycles. The van der Waals surface area contributed by atoms with Crippen LogP contribution >= 0.6 is 0 Å². The zero-order valence-electron chi connectivity index (χ0n) is 11.9. The zero-order chi connectivity index (χ0) is 14.1. The lowest BCUT2D eigenvalue weighted by atomic mass is 9.98. The molecule has 0 heterocycles. The molecule has 20 heavy (non-hydrogen) atoms. The maximum absolute atomic E-state index is 5.89. The van der Waals surface area contributed by atoms with Crippen LogP contribution in [0.5, 0.6) is 5.75 Å². The summed E-state index contributed by atoms with van der Waals surface area (Å²) < 4.78 is 5.89. The largest absolute Gasteiger partial charge is 0.490 e. The molecular formula is C19H18O. The molecule has 0 aliphatic rings. The van der Waals surface area contributed by atoms with Gasteiger partial charge in [-0.2, -0.15) is 0 Å². The summed E-state index contributed by atoms with van der Waals surface area (Å²) in [6, 6.07) is 16.9. The van der Waals surface area contributed by atoms with Gasteiger partial charge in [-0.05, 0) is 41.5 Å². The van der Waals surface area contributed by atoms with Gasteiger partial charge in [0.05, 0.1) is 6.10 Å². The van der Waals surface area contributed by atoms with Gasteiger partial charge in [-0.15, -0.1) is 0 Å². The topological polar surface area (TPSA) is 9.23 Å². The van der Waals surface area contributed by atoms with Crippen molar-refractivity contribution in [3.63, 3.8) is 0 Å². The van der Waals surface area contributed by atoms with E-state index in [4.69, 9.17) is 4.74 Å². The van der Waals surface area contributed by atoms with Crippen molar-refractivity contribution in [3.8, 4) is 5.75 Å². The summed E-state index contributed by atoms with van der Waals surface area (Å²) >= 11 is 0. The molecule has 3 aromatic rings. The molecule has 0 spiro atoms. The van der Waals surface area contributed by atoms with E-state index in [-0.39, 0.29) is 6.10 Å². The minimum Gasteiger partial charge on any atom is -0.490 e. The van der Waals surface area contributed by atoms with Gasteiger partial charge < -0.3 is 4.74 Å². The summed E-state index contributed by atoms with van der Waals surface area (Å²) in [6.07, 6.45) is 2.04. The number of hydrogen-bond acceptors (Lipinski definition) is 1. The van der Waals surface area contributed by atoms with Crippen LogP contribution in [0.1, 0.15) is 19.4 Å². The van der Waals surface area contributed by atoms with E-state index in [0.29, 0.717) is 0 Å². The predicted octanol–water partition coefficient (Wildman–Crippen LogP) is 5.42. The molecule has 3 rings (SSSR count). The van der Waals surface area contributed by atoms with E-state index in [1.807, 2.05) is 26.0 Å². The summed E-state index contributed by atoms with van der Waals surface area (Å²) in [7, 11) is 0. The highest BCUT2D eigenvalue weighted by Gasteiger charge is 2.09. The Hall–Kier alpha value is -2.28. The molecule has 0 N–H and O–H groups in total. The van der Waals surface area contributed by atoms with E-state index in [1.54, 1.807) is 0 Å². The van der Waals surface area contributed by atoms with Gasteiger partial charge in [0.2, 0.25) is 0 Å². The van der Waals surface area contributed by atoms with Crippen molar-refractivity contribution in [1.82, 2.24) is 0 Å². The van der Waals surface area contributed by atoms with E-state index in [1.165, 1.54) is 21.5 Å². The van der Waals surface area contributed by atoms with Gasteiger partial charge in [0.25, 0.3) is 0 Å². The molecule has 0 saturated carbocycles. The van der Waals surface area contributed by atoms with Crippen LogP contribution < -0.4 is 4.74 Å². The van der Waals surface area contributed by atoms with Crippen molar-refractivity contribution in [3.05, 3.63) is 60.7 Å². The molecule has 0 atom stereocenters. The average molecular weight is 262 g/mol. The lowest BCUT2D eigenvalue weighted by Gasteiger charge is -2.15. The third-order valence-electron chi connectivity index (χ3n) is 3.49. The van der Waals surface area contributed by atoms with Crippen LogP contribution in [0.25, 0.3) is 27.6 Å². The maximum Gasteiger partial charge on any atom is 0.127 e. The van der Waals surface area contributed by atoms with Crippen molar-refractivity contribution in [2.45, 2.75) is 20.0 Å².